The summed E-state index contributed by atoms with van der Waals surface area (Å²) in [5.74, 6) is -6.50. The number of amides is 3. The predicted molar refractivity (Wildman–Crippen MR) is 137 cm³/mol. The third-order valence-electron chi connectivity index (χ3n) is 7.86. The number of rotatable bonds is 7. The van der Waals surface area contributed by atoms with Crippen LogP contribution in [0.5, 0.6) is 0 Å². The lowest BCUT2D eigenvalue weighted by atomic mass is 9.86. The molecule has 200 valence electrons. The number of alkyl halides is 2. The fourth-order valence-electron chi connectivity index (χ4n) is 5.72. The fraction of sp³-hybridized carbons (Fsp3) is 0.448. The van der Waals surface area contributed by atoms with Crippen LogP contribution in [0, 0.1) is 11.8 Å². The van der Waals surface area contributed by atoms with E-state index >= 15 is 8.78 Å². The van der Waals surface area contributed by atoms with Crippen LogP contribution in [-0.4, -0.2) is 36.6 Å². The monoisotopic (exact) mass is 523 g/mol. The lowest BCUT2D eigenvalue weighted by molar-refractivity contribution is -0.147. The Labute approximate surface area is 220 Å². The summed E-state index contributed by atoms with van der Waals surface area (Å²) in [6.07, 6.45) is 4.66. The maximum atomic E-state index is 15.1. The number of nitrogens with zero attached hydrogens (tertiary/aromatic N) is 1. The van der Waals surface area contributed by atoms with Crippen molar-refractivity contribution in [1.82, 2.24) is 10.6 Å². The average Bonchev–Trinajstić information content (AvgIpc) is 3.23. The average molecular weight is 524 g/mol. The second-order valence-corrected chi connectivity index (χ2v) is 10.5. The van der Waals surface area contributed by atoms with Crippen LogP contribution < -0.4 is 15.5 Å². The van der Waals surface area contributed by atoms with Crippen LogP contribution in [0.1, 0.15) is 65.6 Å². The van der Waals surface area contributed by atoms with Crippen molar-refractivity contribution in [3.05, 3.63) is 64.7 Å². The molecule has 0 bridgehead atoms. The predicted octanol–water partition coefficient (Wildman–Crippen LogP) is 3.88. The number of ketones is 1. The Kier molecular flexibility index (Phi) is 7.27. The quantitative estimate of drug-likeness (QED) is 0.537. The van der Waals surface area contributed by atoms with Gasteiger partial charge in [-0.1, -0.05) is 30.3 Å². The molecule has 2 unspecified atom stereocenters. The highest BCUT2D eigenvalue weighted by Crippen LogP contribution is 2.34. The van der Waals surface area contributed by atoms with Gasteiger partial charge in [0, 0.05) is 54.7 Å². The molecule has 2 aromatic carbocycles. The molecule has 2 N–H and O–H groups in total. The Morgan fingerprint density at radius 1 is 1.03 bits per heavy atom. The van der Waals surface area contributed by atoms with Crippen LogP contribution in [0.3, 0.4) is 0 Å². The fourth-order valence-corrected chi connectivity index (χ4v) is 5.72. The standard InChI is InChI=1S/C29H31F2N3O4/c30-29(31,22-5-4-6-23(16-22)34-11-2-1-3-12-34)28(38)32-17-18-7-9-24-20(13-18)15-21(26(24)36)14-19-8-10-25(35)33-27(19)37/h4-7,9,13,16,19,21H,1-3,8,10-12,14-15,17H2,(H,32,38)(H,33,35,37). The van der Waals surface area contributed by atoms with E-state index < -0.39 is 11.8 Å². The molecule has 2 aromatic rings. The number of benzene rings is 2. The maximum Gasteiger partial charge on any atom is 0.349 e. The van der Waals surface area contributed by atoms with Gasteiger partial charge in [0.05, 0.1) is 0 Å². The van der Waals surface area contributed by atoms with E-state index in [1.807, 2.05) is 0 Å². The maximum absolute atomic E-state index is 15.1. The molecule has 0 spiro atoms. The molecule has 0 saturated carbocycles. The molecule has 2 heterocycles. The number of carbonyl (C=O) groups is 4. The number of Topliss-reactive ketones (excluding diaryl/α,β-unsaturated/α-hetero) is 1. The van der Waals surface area contributed by atoms with Gasteiger partial charge in [-0.05, 0) is 61.8 Å². The molecule has 3 aliphatic rings. The number of fused-ring (bicyclic) bond motifs is 1. The van der Waals surface area contributed by atoms with E-state index in [0.717, 1.165) is 37.9 Å². The summed E-state index contributed by atoms with van der Waals surface area (Å²) in [5, 5.41) is 4.68. The van der Waals surface area contributed by atoms with Crippen LogP contribution in [0.2, 0.25) is 0 Å². The summed E-state index contributed by atoms with van der Waals surface area (Å²) >= 11 is 0. The zero-order valence-corrected chi connectivity index (χ0v) is 21.1. The van der Waals surface area contributed by atoms with Gasteiger partial charge in [0.1, 0.15) is 0 Å². The number of carbonyl (C=O) groups excluding carboxylic acids is 4. The number of hydrogen-bond acceptors (Lipinski definition) is 5. The van der Waals surface area contributed by atoms with Crippen LogP contribution >= 0.6 is 0 Å². The largest absolute Gasteiger partial charge is 0.372 e. The van der Waals surface area contributed by atoms with Crippen LogP contribution in [-0.2, 0) is 33.3 Å². The second-order valence-electron chi connectivity index (χ2n) is 10.5. The Hall–Kier alpha value is -3.62. The van der Waals surface area contributed by atoms with Crippen LogP contribution in [0.15, 0.2) is 42.5 Å². The van der Waals surface area contributed by atoms with Crippen molar-refractivity contribution in [2.45, 2.75) is 57.4 Å². The minimum absolute atomic E-state index is 0.0552. The summed E-state index contributed by atoms with van der Waals surface area (Å²) in [5.41, 5.74) is 2.31. The smallest absolute Gasteiger partial charge is 0.349 e. The van der Waals surface area contributed by atoms with E-state index in [9.17, 15) is 19.2 Å². The molecule has 9 heteroatoms. The first kappa shape index (κ1) is 26.0. The van der Waals surface area contributed by atoms with Crippen molar-refractivity contribution in [1.29, 1.82) is 0 Å². The number of nitrogens with one attached hydrogen (secondary N) is 2. The Morgan fingerprint density at radius 2 is 1.82 bits per heavy atom. The van der Waals surface area contributed by atoms with Crippen LogP contribution in [0.4, 0.5) is 14.5 Å². The van der Waals surface area contributed by atoms with Crippen molar-refractivity contribution in [3.8, 4) is 0 Å². The van der Waals surface area contributed by atoms with Gasteiger partial charge in [0.15, 0.2) is 5.78 Å². The normalized spacial score (nSPS) is 21.7. The van der Waals surface area contributed by atoms with Gasteiger partial charge in [-0.2, -0.15) is 8.78 Å². The van der Waals surface area contributed by atoms with E-state index in [-0.39, 0.29) is 48.0 Å². The molecule has 2 atom stereocenters. The first-order valence-electron chi connectivity index (χ1n) is 13.2. The zero-order valence-electron chi connectivity index (χ0n) is 21.1. The molecule has 0 aromatic heterocycles. The molecule has 3 amide bonds. The molecular weight excluding hydrogens is 492 g/mol. The van der Waals surface area contributed by atoms with Crippen LogP contribution in [0.25, 0.3) is 0 Å². The highest BCUT2D eigenvalue weighted by Gasteiger charge is 2.41. The highest BCUT2D eigenvalue weighted by atomic mass is 19.3. The van der Waals surface area contributed by atoms with Crippen molar-refractivity contribution < 1.29 is 28.0 Å². The summed E-state index contributed by atoms with van der Waals surface area (Å²) in [6, 6.07) is 11.1. The minimum atomic E-state index is -3.69. The third kappa shape index (κ3) is 5.33. The van der Waals surface area contributed by atoms with Crippen molar-refractivity contribution in [3.63, 3.8) is 0 Å². The van der Waals surface area contributed by atoms with Crippen molar-refractivity contribution in [2.24, 2.45) is 11.8 Å². The molecule has 2 fully saturated rings. The first-order valence-corrected chi connectivity index (χ1v) is 13.2. The van der Waals surface area contributed by atoms with Gasteiger partial charge in [-0.3, -0.25) is 24.5 Å². The molecule has 5 rings (SSSR count). The van der Waals surface area contributed by atoms with Crippen molar-refractivity contribution in [2.75, 3.05) is 18.0 Å². The number of imide groups is 1. The molecule has 2 aliphatic heterocycles. The van der Waals surface area contributed by atoms with Gasteiger partial charge >= 0.3 is 5.92 Å². The van der Waals surface area contributed by atoms with E-state index in [2.05, 4.69) is 15.5 Å². The molecule has 38 heavy (non-hydrogen) atoms. The van der Waals surface area contributed by atoms with Gasteiger partial charge in [-0.15, -0.1) is 0 Å². The summed E-state index contributed by atoms with van der Waals surface area (Å²) in [6.45, 7) is 1.53. The Balaban J connectivity index is 1.21. The second kappa shape index (κ2) is 10.6. The van der Waals surface area contributed by atoms with Gasteiger partial charge in [0.2, 0.25) is 11.8 Å². The summed E-state index contributed by atoms with van der Waals surface area (Å²) < 4.78 is 30.1. The zero-order chi connectivity index (χ0) is 26.9. The number of halogens is 2. The topological polar surface area (TPSA) is 95.6 Å². The molecule has 1 aliphatic carbocycles. The van der Waals surface area contributed by atoms with Gasteiger partial charge in [-0.25, -0.2) is 0 Å². The summed E-state index contributed by atoms with van der Waals surface area (Å²) in [7, 11) is 0. The number of anilines is 1. The van der Waals surface area contributed by atoms with E-state index in [1.165, 1.54) is 12.1 Å². The molecular formula is C29H31F2N3O4. The number of hydrogen-bond donors (Lipinski definition) is 2. The van der Waals surface area contributed by atoms with E-state index in [1.54, 1.807) is 30.3 Å². The van der Waals surface area contributed by atoms with Gasteiger partial charge < -0.3 is 10.2 Å². The molecule has 0 radical (unpaired) electrons. The first-order chi connectivity index (χ1) is 18.2. The third-order valence-corrected chi connectivity index (χ3v) is 7.86. The number of piperidine rings is 2. The lowest BCUT2D eigenvalue weighted by Gasteiger charge is -2.29. The van der Waals surface area contributed by atoms with E-state index in [4.69, 9.17) is 0 Å². The van der Waals surface area contributed by atoms with Crippen molar-refractivity contribution >= 4 is 29.2 Å². The highest BCUT2D eigenvalue weighted by molar-refractivity contribution is 6.03. The SMILES string of the molecule is O=C1CCC(CC2Cc3cc(CNC(=O)C(F)(F)c4cccc(N5CCCCC5)c4)ccc3C2=O)C(=O)N1. The summed E-state index contributed by atoms with van der Waals surface area (Å²) in [4.78, 5) is 51.0. The minimum Gasteiger partial charge on any atom is -0.372 e. The lowest BCUT2D eigenvalue weighted by Crippen LogP contribution is -2.41. The molecule has 7 nitrogen and oxygen atoms in total. The van der Waals surface area contributed by atoms with E-state index in [0.29, 0.717) is 36.1 Å². The Morgan fingerprint density at radius 3 is 2.58 bits per heavy atom. The molecule has 2 saturated heterocycles. The Bertz CT molecular complexity index is 1270. The van der Waals surface area contributed by atoms with Gasteiger partial charge in [0.25, 0.3) is 5.91 Å².